The zero-order valence-electron chi connectivity index (χ0n) is 10.7. The van der Waals surface area contributed by atoms with Gasteiger partial charge in [0.1, 0.15) is 5.84 Å². The molecule has 3 N–H and O–H groups in total. The molecule has 1 unspecified atom stereocenters. The van der Waals surface area contributed by atoms with E-state index in [1.54, 1.807) is 6.20 Å². The molecule has 6 heteroatoms. The second kappa shape index (κ2) is 6.12. The molecule has 0 aliphatic carbocycles. The van der Waals surface area contributed by atoms with Crippen LogP contribution in [0.4, 0.5) is 5.95 Å². The van der Waals surface area contributed by atoms with E-state index in [0.717, 1.165) is 19.0 Å². The average Bonchev–Trinajstić information content (AvgIpc) is 2.82. The van der Waals surface area contributed by atoms with Gasteiger partial charge in [-0.25, -0.2) is 4.98 Å². The third-order valence-corrected chi connectivity index (χ3v) is 2.81. The highest BCUT2D eigenvalue weighted by Gasteiger charge is 2.16. The van der Waals surface area contributed by atoms with E-state index in [1.807, 2.05) is 13.1 Å². The first-order valence-corrected chi connectivity index (χ1v) is 5.87. The van der Waals surface area contributed by atoms with Gasteiger partial charge in [0, 0.05) is 37.9 Å². The predicted octanol–water partition coefficient (Wildman–Crippen LogP) is 1.11. The Bertz CT molecular complexity index is 374. The molecule has 1 heterocycles. The number of rotatable bonds is 6. The minimum absolute atomic E-state index is 0.0121. The Morgan fingerprint density at radius 1 is 1.65 bits per heavy atom. The monoisotopic (exact) mass is 239 g/mol. The molecule has 6 nitrogen and oxygen atoms in total. The van der Waals surface area contributed by atoms with Crippen molar-refractivity contribution in [3.05, 3.63) is 12.4 Å². The molecule has 0 bridgehead atoms. The van der Waals surface area contributed by atoms with Gasteiger partial charge in [0.2, 0.25) is 5.95 Å². The van der Waals surface area contributed by atoms with Crippen molar-refractivity contribution in [2.75, 3.05) is 18.0 Å². The van der Waals surface area contributed by atoms with E-state index < -0.39 is 0 Å². The first kappa shape index (κ1) is 13.3. The van der Waals surface area contributed by atoms with E-state index in [0.29, 0.717) is 6.54 Å². The largest absolute Gasteiger partial charge is 0.409 e. The van der Waals surface area contributed by atoms with E-state index in [9.17, 15) is 0 Å². The zero-order chi connectivity index (χ0) is 12.8. The SMILES string of the molecule is CCN(CC(C)C(N)=NO)c1nccn1CC. The van der Waals surface area contributed by atoms with Crippen LogP contribution < -0.4 is 10.6 Å². The lowest BCUT2D eigenvalue weighted by Gasteiger charge is -2.25. The number of aromatic nitrogens is 2. The van der Waals surface area contributed by atoms with Crippen LogP contribution in [-0.4, -0.2) is 33.7 Å². The van der Waals surface area contributed by atoms with Gasteiger partial charge in [-0.3, -0.25) is 0 Å². The molecular formula is C11H21N5O. The van der Waals surface area contributed by atoms with E-state index >= 15 is 0 Å². The number of imidazole rings is 1. The molecule has 1 aromatic rings. The van der Waals surface area contributed by atoms with E-state index in [4.69, 9.17) is 10.9 Å². The van der Waals surface area contributed by atoms with Gasteiger partial charge < -0.3 is 20.4 Å². The van der Waals surface area contributed by atoms with Crippen molar-refractivity contribution in [3.8, 4) is 0 Å². The predicted molar refractivity (Wildman–Crippen MR) is 68.4 cm³/mol. The van der Waals surface area contributed by atoms with Gasteiger partial charge in [-0.05, 0) is 13.8 Å². The van der Waals surface area contributed by atoms with E-state index in [1.165, 1.54) is 0 Å². The molecule has 0 saturated heterocycles. The number of oxime groups is 1. The van der Waals surface area contributed by atoms with Gasteiger partial charge in [-0.2, -0.15) is 0 Å². The summed E-state index contributed by atoms with van der Waals surface area (Å²) in [6.45, 7) is 8.46. The summed E-state index contributed by atoms with van der Waals surface area (Å²) in [5, 5.41) is 11.7. The highest BCUT2D eigenvalue weighted by Crippen LogP contribution is 2.13. The number of aryl methyl sites for hydroxylation is 1. The lowest BCUT2D eigenvalue weighted by atomic mass is 10.1. The van der Waals surface area contributed by atoms with Gasteiger partial charge in [-0.15, -0.1) is 0 Å². The number of amidine groups is 1. The van der Waals surface area contributed by atoms with Gasteiger partial charge >= 0.3 is 0 Å². The molecule has 1 aromatic heterocycles. The smallest absolute Gasteiger partial charge is 0.205 e. The second-order valence-electron chi connectivity index (χ2n) is 3.98. The first-order valence-electron chi connectivity index (χ1n) is 5.87. The summed E-state index contributed by atoms with van der Waals surface area (Å²) >= 11 is 0. The summed E-state index contributed by atoms with van der Waals surface area (Å²) in [7, 11) is 0. The van der Waals surface area contributed by atoms with Crippen LogP contribution >= 0.6 is 0 Å². The number of nitrogens with zero attached hydrogens (tertiary/aromatic N) is 4. The molecule has 0 aromatic carbocycles. The summed E-state index contributed by atoms with van der Waals surface area (Å²) in [6, 6.07) is 0. The van der Waals surface area contributed by atoms with Crippen molar-refractivity contribution in [1.29, 1.82) is 0 Å². The minimum Gasteiger partial charge on any atom is -0.409 e. The topological polar surface area (TPSA) is 79.7 Å². The Balaban J connectivity index is 2.79. The first-order chi connectivity index (χ1) is 8.13. The van der Waals surface area contributed by atoms with Crippen LogP contribution in [-0.2, 0) is 6.54 Å². The third kappa shape index (κ3) is 3.12. The van der Waals surface area contributed by atoms with Gasteiger partial charge in [0.15, 0.2) is 0 Å². The Morgan fingerprint density at radius 3 is 2.88 bits per heavy atom. The van der Waals surface area contributed by atoms with E-state index in [-0.39, 0.29) is 11.8 Å². The van der Waals surface area contributed by atoms with Crippen LogP contribution in [0.15, 0.2) is 17.5 Å². The third-order valence-electron chi connectivity index (χ3n) is 2.81. The molecule has 0 aliphatic rings. The van der Waals surface area contributed by atoms with Gasteiger partial charge in [-0.1, -0.05) is 12.1 Å². The number of nitrogens with two attached hydrogens (primary N) is 1. The standard InChI is InChI=1S/C11H21N5O/c1-4-15-7-6-13-11(15)16(5-2)8-9(3)10(12)14-17/h6-7,9,17H,4-5,8H2,1-3H3,(H2,12,14). The normalized spacial score (nSPS) is 13.7. The lowest BCUT2D eigenvalue weighted by molar-refractivity contribution is 0.314. The molecule has 0 spiro atoms. The highest BCUT2D eigenvalue weighted by atomic mass is 16.4. The van der Waals surface area contributed by atoms with Crippen molar-refractivity contribution < 1.29 is 5.21 Å². The van der Waals surface area contributed by atoms with Crippen LogP contribution in [0.25, 0.3) is 0 Å². The summed E-state index contributed by atoms with van der Waals surface area (Å²) in [5.41, 5.74) is 5.59. The number of hydrogen-bond acceptors (Lipinski definition) is 4. The maximum absolute atomic E-state index is 8.65. The molecule has 17 heavy (non-hydrogen) atoms. The Labute approximate surface area is 102 Å². The summed E-state index contributed by atoms with van der Waals surface area (Å²) in [5.74, 6) is 1.16. The minimum atomic E-state index is -0.0121. The number of anilines is 1. The number of hydrogen-bond donors (Lipinski definition) is 2. The van der Waals surface area contributed by atoms with Crippen molar-refractivity contribution >= 4 is 11.8 Å². The zero-order valence-corrected chi connectivity index (χ0v) is 10.7. The maximum Gasteiger partial charge on any atom is 0.205 e. The van der Waals surface area contributed by atoms with Crippen molar-refractivity contribution in [3.63, 3.8) is 0 Å². The molecule has 0 saturated carbocycles. The molecule has 0 aliphatic heterocycles. The molecule has 0 radical (unpaired) electrons. The quantitative estimate of drug-likeness (QED) is 0.337. The van der Waals surface area contributed by atoms with Crippen LogP contribution in [0.5, 0.6) is 0 Å². The van der Waals surface area contributed by atoms with Crippen LogP contribution in [0.3, 0.4) is 0 Å². The van der Waals surface area contributed by atoms with E-state index in [2.05, 4.69) is 33.5 Å². The molecule has 0 amide bonds. The van der Waals surface area contributed by atoms with Crippen molar-refractivity contribution in [2.24, 2.45) is 16.8 Å². The summed E-state index contributed by atoms with van der Waals surface area (Å²) in [4.78, 5) is 6.46. The van der Waals surface area contributed by atoms with Gasteiger partial charge in [0.25, 0.3) is 0 Å². The fourth-order valence-corrected chi connectivity index (χ4v) is 1.71. The molecule has 1 rings (SSSR count). The van der Waals surface area contributed by atoms with Crippen LogP contribution in [0.2, 0.25) is 0 Å². The summed E-state index contributed by atoms with van der Waals surface area (Å²) < 4.78 is 2.07. The summed E-state index contributed by atoms with van der Waals surface area (Å²) in [6.07, 6.45) is 3.74. The second-order valence-corrected chi connectivity index (χ2v) is 3.98. The highest BCUT2D eigenvalue weighted by molar-refractivity contribution is 5.82. The van der Waals surface area contributed by atoms with Gasteiger partial charge in [0.05, 0.1) is 0 Å². The molecule has 1 atom stereocenters. The maximum atomic E-state index is 8.65. The van der Waals surface area contributed by atoms with Crippen molar-refractivity contribution in [2.45, 2.75) is 27.3 Å². The average molecular weight is 239 g/mol. The Kier molecular flexibility index (Phi) is 4.81. The fraction of sp³-hybridized carbons (Fsp3) is 0.636. The van der Waals surface area contributed by atoms with Crippen LogP contribution in [0.1, 0.15) is 20.8 Å². The Hall–Kier alpha value is -1.72. The molecule has 0 fully saturated rings. The molecular weight excluding hydrogens is 218 g/mol. The lowest BCUT2D eigenvalue weighted by Crippen LogP contribution is -2.36. The Morgan fingerprint density at radius 2 is 2.35 bits per heavy atom. The fourth-order valence-electron chi connectivity index (χ4n) is 1.71. The van der Waals surface area contributed by atoms with Crippen LogP contribution in [0, 0.1) is 5.92 Å². The molecule has 96 valence electrons. The van der Waals surface area contributed by atoms with Crippen molar-refractivity contribution in [1.82, 2.24) is 9.55 Å².